The third-order valence-electron chi connectivity index (χ3n) is 2.92. The number of carbonyl (C=O) groups excluding carboxylic acids is 1. The van der Waals surface area contributed by atoms with Gasteiger partial charge in [-0.2, -0.15) is 0 Å². The molecular weight excluding hydrogens is 184 g/mol. The van der Waals surface area contributed by atoms with Crippen molar-refractivity contribution in [2.45, 2.75) is 26.7 Å². The van der Waals surface area contributed by atoms with E-state index in [2.05, 4.69) is 13.2 Å². The molecular formula is C14H18O. The normalized spacial score (nSPS) is 17.3. The Morgan fingerprint density at radius 2 is 2.20 bits per heavy atom. The molecule has 1 nitrogen and oxygen atoms in total. The minimum atomic E-state index is 0.117. The van der Waals surface area contributed by atoms with E-state index in [4.69, 9.17) is 0 Å². The van der Waals surface area contributed by atoms with E-state index in [9.17, 15) is 4.79 Å². The maximum atomic E-state index is 11.9. The Morgan fingerprint density at radius 1 is 1.53 bits per heavy atom. The molecule has 80 valence electrons. The number of hydrogen-bond donors (Lipinski definition) is 0. The van der Waals surface area contributed by atoms with Gasteiger partial charge in [-0.25, -0.2) is 0 Å². The summed E-state index contributed by atoms with van der Waals surface area (Å²) in [6.07, 6.45) is 7.15. The van der Waals surface area contributed by atoms with E-state index >= 15 is 0 Å². The van der Waals surface area contributed by atoms with Crippen LogP contribution < -0.4 is 0 Å². The third kappa shape index (κ3) is 2.35. The average Bonchev–Trinajstić information content (AvgIpc) is 2.69. The van der Waals surface area contributed by atoms with Crippen LogP contribution >= 0.6 is 0 Å². The molecule has 1 aliphatic rings. The van der Waals surface area contributed by atoms with Gasteiger partial charge in [-0.1, -0.05) is 39.2 Å². The van der Waals surface area contributed by atoms with Crippen LogP contribution in [0.15, 0.2) is 48.1 Å². The second kappa shape index (κ2) is 4.92. The minimum Gasteiger partial charge on any atom is -0.294 e. The number of hydrogen-bond acceptors (Lipinski definition) is 1. The molecule has 1 rings (SSSR count). The molecule has 0 radical (unpaired) electrons. The highest BCUT2D eigenvalue weighted by atomic mass is 16.1. The molecule has 0 bridgehead atoms. The Balaban J connectivity index is 2.84. The SMILES string of the molecule is C=CC1=C(C=C)CC(C(=O)C(C)CC)=C1. The molecule has 0 N–H and O–H groups in total. The Bertz CT molecular complexity index is 356. The van der Waals surface area contributed by atoms with Crippen LogP contribution in [0.5, 0.6) is 0 Å². The van der Waals surface area contributed by atoms with Crippen LogP contribution in [0.1, 0.15) is 26.7 Å². The van der Waals surface area contributed by atoms with Gasteiger partial charge in [0, 0.05) is 17.9 Å². The smallest absolute Gasteiger partial charge is 0.162 e. The predicted octanol–water partition coefficient (Wildman–Crippen LogP) is 3.60. The summed E-state index contributed by atoms with van der Waals surface area (Å²) in [5.41, 5.74) is 3.04. The maximum absolute atomic E-state index is 11.9. The Morgan fingerprint density at radius 3 is 2.60 bits per heavy atom. The molecule has 0 aromatic heterocycles. The monoisotopic (exact) mass is 202 g/mol. The van der Waals surface area contributed by atoms with Gasteiger partial charge in [0.25, 0.3) is 0 Å². The number of allylic oxidation sites excluding steroid dienone is 6. The fourth-order valence-corrected chi connectivity index (χ4v) is 1.68. The molecule has 1 aliphatic carbocycles. The van der Waals surface area contributed by atoms with E-state index < -0.39 is 0 Å². The first-order chi connectivity index (χ1) is 7.13. The second-order valence-electron chi connectivity index (χ2n) is 3.91. The highest BCUT2D eigenvalue weighted by Crippen LogP contribution is 2.29. The van der Waals surface area contributed by atoms with Gasteiger partial charge in [-0.3, -0.25) is 4.79 Å². The number of rotatable bonds is 5. The molecule has 0 amide bonds. The van der Waals surface area contributed by atoms with Crippen LogP contribution in [-0.4, -0.2) is 5.78 Å². The highest BCUT2D eigenvalue weighted by molar-refractivity contribution is 5.99. The number of Topliss-reactive ketones (excluding diaryl/α,β-unsaturated/α-hetero) is 1. The van der Waals surface area contributed by atoms with Gasteiger partial charge >= 0.3 is 0 Å². The Hall–Kier alpha value is -1.37. The van der Waals surface area contributed by atoms with Gasteiger partial charge in [-0.15, -0.1) is 0 Å². The molecule has 0 heterocycles. The van der Waals surface area contributed by atoms with Crippen molar-refractivity contribution in [3.63, 3.8) is 0 Å². The summed E-state index contributed by atoms with van der Waals surface area (Å²) in [5, 5.41) is 0. The summed E-state index contributed by atoms with van der Waals surface area (Å²) in [6, 6.07) is 0. The van der Waals surface area contributed by atoms with Gasteiger partial charge in [0.1, 0.15) is 0 Å². The van der Waals surface area contributed by atoms with Crippen LogP contribution in [0.4, 0.5) is 0 Å². The molecule has 15 heavy (non-hydrogen) atoms. The largest absolute Gasteiger partial charge is 0.294 e. The Kier molecular flexibility index (Phi) is 3.84. The van der Waals surface area contributed by atoms with Crippen molar-refractivity contribution in [1.29, 1.82) is 0 Å². The zero-order valence-electron chi connectivity index (χ0n) is 9.55. The molecule has 0 saturated heterocycles. The van der Waals surface area contributed by atoms with Crippen LogP contribution in [0, 0.1) is 5.92 Å². The van der Waals surface area contributed by atoms with Gasteiger partial charge in [-0.05, 0) is 23.6 Å². The summed E-state index contributed by atoms with van der Waals surface area (Å²) >= 11 is 0. The van der Waals surface area contributed by atoms with Gasteiger partial charge in [0.15, 0.2) is 5.78 Å². The van der Waals surface area contributed by atoms with Crippen molar-refractivity contribution >= 4 is 5.78 Å². The van der Waals surface area contributed by atoms with Gasteiger partial charge in [0.2, 0.25) is 0 Å². The third-order valence-corrected chi connectivity index (χ3v) is 2.92. The van der Waals surface area contributed by atoms with Crippen molar-refractivity contribution in [3.8, 4) is 0 Å². The lowest BCUT2D eigenvalue weighted by atomic mass is 9.95. The molecule has 0 saturated carbocycles. The lowest BCUT2D eigenvalue weighted by Gasteiger charge is -2.07. The van der Waals surface area contributed by atoms with Crippen LogP contribution in [0.25, 0.3) is 0 Å². The second-order valence-corrected chi connectivity index (χ2v) is 3.91. The summed E-state index contributed by atoms with van der Waals surface area (Å²) < 4.78 is 0. The fourth-order valence-electron chi connectivity index (χ4n) is 1.68. The summed E-state index contributed by atoms with van der Waals surface area (Å²) in [7, 11) is 0. The van der Waals surface area contributed by atoms with E-state index in [1.54, 1.807) is 6.08 Å². The first-order valence-electron chi connectivity index (χ1n) is 5.36. The molecule has 0 fully saturated rings. The van der Waals surface area contributed by atoms with Crippen LogP contribution in [-0.2, 0) is 4.79 Å². The van der Waals surface area contributed by atoms with E-state index in [1.165, 1.54) is 0 Å². The van der Waals surface area contributed by atoms with Crippen molar-refractivity contribution in [2.24, 2.45) is 5.92 Å². The molecule has 0 aromatic rings. The first-order valence-corrected chi connectivity index (χ1v) is 5.36. The van der Waals surface area contributed by atoms with Crippen LogP contribution in [0.2, 0.25) is 0 Å². The predicted molar refractivity (Wildman–Crippen MR) is 64.6 cm³/mol. The average molecular weight is 202 g/mol. The van der Waals surface area contributed by atoms with Crippen molar-refractivity contribution in [2.75, 3.05) is 0 Å². The zero-order chi connectivity index (χ0) is 11.4. The molecule has 0 aromatic carbocycles. The summed E-state index contributed by atoms with van der Waals surface area (Å²) in [5.74, 6) is 0.375. The topological polar surface area (TPSA) is 17.1 Å². The lowest BCUT2D eigenvalue weighted by molar-refractivity contribution is -0.118. The Labute approximate surface area is 91.9 Å². The van der Waals surface area contributed by atoms with E-state index in [0.29, 0.717) is 6.42 Å². The zero-order valence-corrected chi connectivity index (χ0v) is 9.55. The molecule has 0 aliphatic heterocycles. The minimum absolute atomic E-state index is 0.117. The highest BCUT2D eigenvalue weighted by Gasteiger charge is 2.21. The van der Waals surface area contributed by atoms with Crippen molar-refractivity contribution in [1.82, 2.24) is 0 Å². The lowest BCUT2D eigenvalue weighted by Crippen LogP contribution is -2.11. The quantitative estimate of drug-likeness (QED) is 0.665. The van der Waals surface area contributed by atoms with Crippen molar-refractivity contribution in [3.05, 3.63) is 48.1 Å². The number of ketones is 1. The van der Waals surface area contributed by atoms with Gasteiger partial charge < -0.3 is 0 Å². The van der Waals surface area contributed by atoms with E-state index in [0.717, 1.165) is 23.1 Å². The maximum Gasteiger partial charge on any atom is 0.162 e. The molecule has 0 spiro atoms. The van der Waals surface area contributed by atoms with E-state index in [-0.39, 0.29) is 11.7 Å². The summed E-state index contributed by atoms with van der Waals surface area (Å²) in [4.78, 5) is 11.9. The molecule has 1 atom stereocenters. The molecule has 1 unspecified atom stereocenters. The molecule has 1 heteroatoms. The van der Waals surface area contributed by atoms with Crippen LogP contribution in [0.3, 0.4) is 0 Å². The fraction of sp³-hybridized carbons (Fsp3) is 0.357. The summed E-state index contributed by atoms with van der Waals surface area (Å²) in [6.45, 7) is 11.5. The van der Waals surface area contributed by atoms with E-state index in [1.807, 2.05) is 26.0 Å². The van der Waals surface area contributed by atoms with Crippen molar-refractivity contribution < 1.29 is 4.79 Å². The number of carbonyl (C=O) groups is 1. The first kappa shape index (κ1) is 11.7. The van der Waals surface area contributed by atoms with Gasteiger partial charge in [0.05, 0.1) is 0 Å². The standard InChI is InChI=1S/C14H18O/c1-5-10(4)14(15)13-8-11(6-2)12(7-3)9-13/h6-8,10H,2-3,5,9H2,1,4H3.